The van der Waals surface area contributed by atoms with Crippen molar-refractivity contribution < 1.29 is 9.53 Å². The first-order valence-electron chi connectivity index (χ1n) is 8.89. The molecule has 0 unspecified atom stereocenters. The van der Waals surface area contributed by atoms with E-state index in [1.54, 1.807) is 26.6 Å². The fraction of sp³-hybridized carbons (Fsp3) is 0.190. The zero-order chi connectivity index (χ0) is 20.0. The number of hydrogen-bond donors (Lipinski definition) is 2. The molecule has 0 aliphatic heterocycles. The van der Waals surface area contributed by atoms with Gasteiger partial charge in [-0.2, -0.15) is 0 Å². The van der Waals surface area contributed by atoms with Gasteiger partial charge in [-0.3, -0.25) is 19.3 Å². The van der Waals surface area contributed by atoms with E-state index in [4.69, 9.17) is 10.5 Å². The summed E-state index contributed by atoms with van der Waals surface area (Å²) in [5.41, 5.74) is 11.9. The minimum Gasteiger partial charge on any atom is -0.496 e. The third-order valence-electron chi connectivity index (χ3n) is 5.07. The third kappa shape index (κ3) is 2.40. The molecule has 1 aromatic carbocycles. The molecule has 0 fully saturated rings. The molecule has 1 amide bonds. The minimum absolute atomic E-state index is 0.267. The number of nitrogens with two attached hydrogens (primary N) is 1. The summed E-state index contributed by atoms with van der Waals surface area (Å²) in [6, 6.07) is 7.62. The number of anilines is 1. The molecule has 0 atom stereocenters. The van der Waals surface area contributed by atoms with Crippen LogP contribution in [0.2, 0.25) is 0 Å². The van der Waals surface area contributed by atoms with Crippen molar-refractivity contribution >= 4 is 33.7 Å². The first-order chi connectivity index (χ1) is 13.5. The summed E-state index contributed by atoms with van der Waals surface area (Å²) in [4.78, 5) is 21.7. The summed E-state index contributed by atoms with van der Waals surface area (Å²) in [7, 11) is 3.22. The lowest BCUT2D eigenvalue weighted by molar-refractivity contribution is 0.0965. The van der Waals surface area contributed by atoms with E-state index in [-0.39, 0.29) is 5.91 Å². The molecule has 0 aliphatic rings. The van der Waals surface area contributed by atoms with Crippen LogP contribution in [-0.2, 0) is 0 Å². The van der Waals surface area contributed by atoms with Crippen molar-refractivity contribution in [2.75, 3.05) is 19.9 Å². The smallest absolute Gasteiger partial charge is 0.255 e. The number of benzene rings is 1. The molecule has 4 rings (SSSR count). The number of pyridine rings is 2. The Labute approximate surface area is 162 Å². The number of aryl methyl sites for hydroxylation is 1. The molecule has 0 spiro atoms. The Hall–Kier alpha value is -3.61. The van der Waals surface area contributed by atoms with Crippen molar-refractivity contribution in [1.82, 2.24) is 19.9 Å². The summed E-state index contributed by atoms with van der Waals surface area (Å²) in [5.74, 6) is 0.819. The largest absolute Gasteiger partial charge is 0.496 e. The first kappa shape index (κ1) is 17.8. The highest BCUT2D eigenvalue weighted by atomic mass is 16.5. The molecule has 3 aromatic heterocycles. The molecule has 7 heteroatoms. The van der Waals surface area contributed by atoms with Crippen LogP contribution in [0.15, 0.2) is 36.7 Å². The van der Waals surface area contributed by atoms with Gasteiger partial charge in [-0.15, -0.1) is 0 Å². The van der Waals surface area contributed by atoms with Crippen LogP contribution in [0.5, 0.6) is 5.75 Å². The summed E-state index contributed by atoms with van der Waals surface area (Å²) in [6.45, 7) is 3.98. The standard InChI is InChI=1S/C21H21N5O2/c1-11-7-8-15(28-4)12(2)18(11)26-19-13(16(20(26)22)21(27)23-3)10-25-14-6-5-9-24-17(14)19/h5-10H,22H2,1-4H3,(H,23,27). The van der Waals surface area contributed by atoms with Gasteiger partial charge in [0.05, 0.1) is 29.4 Å². The maximum absolute atomic E-state index is 12.6. The summed E-state index contributed by atoms with van der Waals surface area (Å²) < 4.78 is 7.41. The minimum atomic E-state index is -0.267. The predicted molar refractivity (Wildman–Crippen MR) is 110 cm³/mol. The number of aromatic nitrogens is 3. The molecule has 0 aliphatic carbocycles. The number of nitrogen functional groups attached to an aromatic ring is 1. The molecule has 7 nitrogen and oxygen atoms in total. The summed E-state index contributed by atoms with van der Waals surface area (Å²) >= 11 is 0. The van der Waals surface area contributed by atoms with E-state index in [1.165, 1.54) is 0 Å². The average Bonchev–Trinajstić information content (AvgIpc) is 3.00. The Balaban J connectivity index is 2.26. The van der Waals surface area contributed by atoms with Crippen molar-refractivity contribution in [2.45, 2.75) is 13.8 Å². The number of amides is 1. The fourth-order valence-electron chi connectivity index (χ4n) is 3.76. The highest BCUT2D eigenvalue weighted by Gasteiger charge is 2.25. The van der Waals surface area contributed by atoms with E-state index in [0.717, 1.165) is 33.6 Å². The average molecular weight is 375 g/mol. The van der Waals surface area contributed by atoms with Gasteiger partial charge < -0.3 is 15.8 Å². The molecular weight excluding hydrogens is 354 g/mol. The third-order valence-corrected chi connectivity index (χ3v) is 5.07. The molecule has 0 saturated carbocycles. The van der Waals surface area contributed by atoms with E-state index < -0.39 is 0 Å². The Morgan fingerprint density at radius 3 is 2.71 bits per heavy atom. The van der Waals surface area contributed by atoms with Gasteiger partial charge in [0.1, 0.15) is 17.1 Å². The maximum Gasteiger partial charge on any atom is 0.255 e. The lowest BCUT2D eigenvalue weighted by Crippen LogP contribution is -2.19. The van der Waals surface area contributed by atoms with E-state index in [1.807, 2.05) is 42.7 Å². The Morgan fingerprint density at radius 2 is 2.00 bits per heavy atom. The van der Waals surface area contributed by atoms with Crippen LogP contribution in [0.4, 0.5) is 5.82 Å². The maximum atomic E-state index is 12.6. The number of hydrogen-bond acceptors (Lipinski definition) is 5. The molecular formula is C21H21N5O2. The fourth-order valence-corrected chi connectivity index (χ4v) is 3.76. The number of nitrogens with zero attached hydrogens (tertiary/aromatic N) is 3. The quantitative estimate of drug-likeness (QED) is 0.574. The SMILES string of the molecule is CNC(=O)c1c(N)n(-c2c(C)ccc(OC)c2C)c2c1cnc1cccnc12. The Morgan fingerprint density at radius 1 is 1.21 bits per heavy atom. The molecule has 28 heavy (non-hydrogen) atoms. The van der Waals surface area contributed by atoms with Crippen molar-refractivity contribution in [3.8, 4) is 11.4 Å². The second-order valence-electron chi connectivity index (χ2n) is 6.62. The van der Waals surface area contributed by atoms with Crippen molar-refractivity contribution in [2.24, 2.45) is 0 Å². The van der Waals surface area contributed by atoms with Gasteiger partial charge in [-0.05, 0) is 37.6 Å². The van der Waals surface area contributed by atoms with E-state index in [0.29, 0.717) is 22.3 Å². The van der Waals surface area contributed by atoms with Gasteiger partial charge >= 0.3 is 0 Å². The zero-order valence-electron chi connectivity index (χ0n) is 16.2. The predicted octanol–water partition coefficient (Wildman–Crippen LogP) is 3.14. The van der Waals surface area contributed by atoms with Crippen molar-refractivity contribution in [3.05, 3.63) is 53.3 Å². The Kier molecular flexibility index (Phi) is 4.15. The zero-order valence-corrected chi connectivity index (χ0v) is 16.2. The highest BCUT2D eigenvalue weighted by molar-refractivity contribution is 6.17. The number of nitrogens with one attached hydrogen (secondary N) is 1. The van der Waals surface area contributed by atoms with Crippen LogP contribution in [-0.4, -0.2) is 34.6 Å². The van der Waals surface area contributed by atoms with Gasteiger partial charge in [0, 0.05) is 30.4 Å². The van der Waals surface area contributed by atoms with Crippen LogP contribution >= 0.6 is 0 Å². The monoisotopic (exact) mass is 375 g/mol. The molecule has 0 saturated heterocycles. The van der Waals surface area contributed by atoms with Crippen LogP contribution in [0.25, 0.3) is 27.6 Å². The van der Waals surface area contributed by atoms with Gasteiger partial charge in [0.15, 0.2) is 0 Å². The topological polar surface area (TPSA) is 95.1 Å². The van der Waals surface area contributed by atoms with E-state index >= 15 is 0 Å². The molecule has 3 N–H and O–H groups in total. The second-order valence-corrected chi connectivity index (χ2v) is 6.62. The Bertz CT molecular complexity index is 1240. The molecule has 4 aromatic rings. The van der Waals surface area contributed by atoms with Crippen LogP contribution in [0.3, 0.4) is 0 Å². The van der Waals surface area contributed by atoms with Gasteiger partial charge in [-0.25, -0.2) is 0 Å². The number of fused-ring (bicyclic) bond motifs is 3. The highest BCUT2D eigenvalue weighted by Crippen LogP contribution is 2.38. The number of rotatable bonds is 3. The van der Waals surface area contributed by atoms with Gasteiger partial charge in [0.25, 0.3) is 5.91 Å². The number of methoxy groups -OCH3 is 1. The van der Waals surface area contributed by atoms with Crippen LogP contribution in [0, 0.1) is 13.8 Å². The number of ether oxygens (including phenoxy) is 1. The van der Waals surface area contributed by atoms with Gasteiger partial charge in [-0.1, -0.05) is 6.07 Å². The van der Waals surface area contributed by atoms with Crippen LogP contribution in [0.1, 0.15) is 21.5 Å². The molecule has 0 radical (unpaired) electrons. The van der Waals surface area contributed by atoms with E-state index in [2.05, 4.69) is 15.3 Å². The number of carbonyl (C=O) groups is 1. The van der Waals surface area contributed by atoms with Crippen molar-refractivity contribution in [3.63, 3.8) is 0 Å². The lowest BCUT2D eigenvalue weighted by Gasteiger charge is -2.17. The van der Waals surface area contributed by atoms with Gasteiger partial charge in [0.2, 0.25) is 0 Å². The van der Waals surface area contributed by atoms with Crippen LogP contribution < -0.4 is 15.8 Å². The normalized spacial score (nSPS) is 11.1. The molecule has 3 heterocycles. The number of carbonyl (C=O) groups excluding carboxylic acids is 1. The van der Waals surface area contributed by atoms with Crippen molar-refractivity contribution in [1.29, 1.82) is 0 Å². The summed E-state index contributed by atoms with van der Waals surface area (Å²) in [5, 5.41) is 3.33. The summed E-state index contributed by atoms with van der Waals surface area (Å²) in [6.07, 6.45) is 3.39. The molecule has 0 bridgehead atoms. The van der Waals surface area contributed by atoms with E-state index in [9.17, 15) is 4.79 Å². The second kappa shape index (κ2) is 6.53. The molecule has 142 valence electrons. The first-order valence-corrected chi connectivity index (χ1v) is 8.89. The lowest BCUT2D eigenvalue weighted by atomic mass is 10.1.